The first-order valence-electron chi connectivity index (χ1n) is 5.74. The fourth-order valence-corrected chi connectivity index (χ4v) is 2.40. The van der Waals surface area contributed by atoms with Gasteiger partial charge in [0.25, 0.3) is 0 Å². The fraction of sp³-hybridized carbons (Fsp3) is 0.909. The second-order valence-corrected chi connectivity index (χ2v) is 4.81. The molecule has 1 heterocycles. The second kappa shape index (κ2) is 3.89. The van der Waals surface area contributed by atoms with Crippen LogP contribution in [0.25, 0.3) is 0 Å². The Morgan fingerprint density at radius 3 is 2.71 bits per heavy atom. The highest BCUT2D eigenvalue weighted by Crippen LogP contribution is 2.49. The third kappa shape index (κ3) is 2.08. The largest absolute Gasteiger partial charge is 0.342 e. The molecule has 0 spiro atoms. The molecule has 80 valence electrons. The SMILES string of the molecule is NCCC1(CN2CCCCC2=O)CC1. The number of hydrogen-bond acceptors (Lipinski definition) is 2. The van der Waals surface area contributed by atoms with E-state index in [1.807, 2.05) is 0 Å². The molecule has 14 heavy (non-hydrogen) atoms. The van der Waals surface area contributed by atoms with Crippen molar-refractivity contribution in [1.29, 1.82) is 0 Å². The van der Waals surface area contributed by atoms with Crippen LogP contribution in [0.1, 0.15) is 38.5 Å². The maximum atomic E-state index is 11.6. The lowest BCUT2D eigenvalue weighted by atomic mass is 10.00. The molecule has 1 aliphatic heterocycles. The molecule has 0 atom stereocenters. The summed E-state index contributed by atoms with van der Waals surface area (Å²) in [4.78, 5) is 13.7. The molecule has 1 saturated heterocycles. The Bertz CT molecular complexity index is 223. The summed E-state index contributed by atoms with van der Waals surface area (Å²) in [7, 11) is 0. The lowest BCUT2D eigenvalue weighted by Gasteiger charge is -2.30. The molecule has 0 aromatic heterocycles. The molecule has 2 rings (SSSR count). The molecule has 0 aromatic rings. The van der Waals surface area contributed by atoms with E-state index >= 15 is 0 Å². The smallest absolute Gasteiger partial charge is 0.222 e. The predicted molar refractivity (Wildman–Crippen MR) is 55.8 cm³/mol. The van der Waals surface area contributed by atoms with Crippen molar-refractivity contribution in [2.75, 3.05) is 19.6 Å². The summed E-state index contributed by atoms with van der Waals surface area (Å²) < 4.78 is 0. The molecule has 0 radical (unpaired) electrons. The predicted octanol–water partition coefficient (Wildman–Crippen LogP) is 1.13. The van der Waals surface area contributed by atoms with Gasteiger partial charge in [-0.15, -0.1) is 0 Å². The van der Waals surface area contributed by atoms with Crippen molar-refractivity contribution in [2.45, 2.75) is 38.5 Å². The van der Waals surface area contributed by atoms with Gasteiger partial charge in [-0.05, 0) is 44.1 Å². The second-order valence-electron chi connectivity index (χ2n) is 4.81. The van der Waals surface area contributed by atoms with E-state index in [1.54, 1.807) is 0 Å². The molecule has 1 amide bonds. The zero-order valence-corrected chi connectivity index (χ0v) is 8.80. The Hall–Kier alpha value is -0.570. The van der Waals surface area contributed by atoms with Crippen molar-refractivity contribution in [2.24, 2.45) is 11.1 Å². The summed E-state index contributed by atoms with van der Waals surface area (Å²) in [6.45, 7) is 2.72. The van der Waals surface area contributed by atoms with Crippen LogP contribution in [-0.2, 0) is 4.79 Å². The maximum Gasteiger partial charge on any atom is 0.222 e. The van der Waals surface area contributed by atoms with Crippen LogP contribution in [0.3, 0.4) is 0 Å². The van der Waals surface area contributed by atoms with Crippen LogP contribution >= 0.6 is 0 Å². The Labute approximate surface area is 85.6 Å². The van der Waals surface area contributed by atoms with Gasteiger partial charge < -0.3 is 10.6 Å². The molecule has 0 aromatic carbocycles. The molecule has 2 fully saturated rings. The fourth-order valence-electron chi connectivity index (χ4n) is 2.40. The molecule has 2 N–H and O–H groups in total. The highest BCUT2D eigenvalue weighted by atomic mass is 16.2. The monoisotopic (exact) mass is 196 g/mol. The number of piperidine rings is 1. The standard InChI is InChI=1S/C11H20N2O/c12-7-6-11(4-5-11)9-13-8-2-1-3-10(13)14/h1-9,12H2. The molecule has 3 nitrogen and oxygen atoms in total. The normalized spacial score (nSPS) is 25.2. The summed E-state index contributed by atoms with van der Waals surface area (Å²) in [5, 5.41) is 0. The first-order chi connectivity index (χ1) is 6.76. The summed E-state index contributed by atoms with van der Waals surface area (Å²) in [6.07, 6.45) is 6.67. The Morgan fingerprint density at radius 1 is 1.36 bits per heavy atom. The van der Waals surface area contributed by atoms with Gasteiger partial charge >= 0.3 is 0 Å². The van der Waals surface area contributed by atoms with Crippen molar-refractivity contribution < 1.29 is 4.79 Å². The van der Waals surface area contributed by atoms with Crippen molar-refractivity contribution in [3.05, 3.63) is 0 Å². The van der Waals surface area contributed by atoms with Crippen LogP contribution in [0, 0.1) is 5.41 Å². The Morgan fingerprint density at radius 2 is 2.14 bits per heavy atom. The average Bonchev–Trinajstić information content (AvgIpc) is 2.90. The molecule has 2 aliphatic rings. The van der Waals surface area contributed by atoms with Gasteiger partial charge in [0.05, 0.1) is 0 Å². The number of rotatable bonds is 4. The average molecular weight is 196 g/mol. The lowest BCUT2D eigenvalue weighted by molar-refractivity contribution is -0.134. The summed E-state index contributed by atoms with van der Waals surface area (Å²) in [5.41, 5.74) is 6.01. The number of likely N-dealkylation sites (tertiary alicyclic amines) is 1. The van der Waals surface area contributed by atoms with Crippen molar-refractivity contribution in [3.63, 3.8) is 0 Å². The van der Waals surface area contributed by atoms with E-state index in [-0.39, 0.29) is 0 Å². The minimum absolute atomic E-state index is 0.361. The minimum Gasteiger partial charge on any atom is -0.342 e. The zero-order chi connectivity index (χ0) is 10.0. The third-order valence-electron chi connectivity index (χ3n) is 3.58. The first-order valence-corrected chi connectivity index (χ1v) is 5.74. The van der Waals surface area contributed by atoms with E-state index in [2.05, 4.69) is 4.90 Å². The van der Waals surface area contributed by atoms with Gasteiger partial charge in [0, 0.05) is 19.5 Å². The molecule has 1 aliphatic carbocycles. The zero-order valence-electron chi connectivity index (χ0n) is 8.80. The van der Waals surface area contributed by atoms with Crippen LogP contribution in [0.2, 0.25) is 0 Å². The van der Waals surface area contributed by atoms with E-state index < -0.39 is 0 Å². The third-order valence-corrected chi connectivity index (χ3v) is 3.58. The number of nitrogens with zero attached hydrogens (tertiary/aromatic N) is 1. The highest BCUT2D eigenvalue weighted by Gasteiger charge is 2.43. The van der Waals surface area contributed by atoms with Crippen molar-refractivity contribution in [3.8, 4) is 0 Å². The molecular weight excluding hydrogens is 176 g/mol. The van der Waals surface area contributed by atoms with Gasteiger partial charge in [-0.2, -0.15) is 0 Å². The summed E-state index contributed by atoms with van der Waals surface area (Å²) >= 11 is 0. The highest BCUT2D eigenvalue weighted by molar-refractivity contribution is 5.76. The molecule has 0 bridgehead atoms. The Kier molecular flexibility index (Phi) is 2.77. The van der Waals surface area contributed by atoms with Crippen LogP contribution in [0.5, 0.6) is 0 Å². The van der Waals surface area contributed by atoms with Crippen molar-refractivity contribution in [1.82, 2.24) is 4.90 Å². The van der Waals surface area contributed by atoms with Crippen molar-refractivity contribution >= 4 is 5.91 Å². The van der Waals surface area contributed by atoms with E-state index in [0.717, 1.165) is 38.9 Å². The lowest BCUT2D eigenvalue weighted by Crippen LogP contribution is -2.39. The van der Waals surface area contributed by atoms with Crippen LogP contribution < -0.4 is 5.73 Å². The van der Waals surface area contributed by atoms with Gasteiger partial charge in [0.15, 0.2) is 0 Å². The van der Waals surface area contributed by atoms with Gasteiger partial charge in [-0.25, -0.2) is 0 Å². The molecule has 1 saturated carbocycles. The van der Waals surface area contributed by atoms with Crippen LogP contribution in [-0.4, -0.2) is 30.4 Å². The first kappa shape index (κ1) is 9.97. The number of carbonyl (C=O) groups excluding carboxylic acids is 1. The van der Waals surface area contributed by atoms with E-state index in [4.69, 9.17) is 5.73 Å². The molecule has 3 heteroatoms. The molecular formula is C11H20N2O. The van der Waals surface area contributed by atoms with Crippen LogP contribution in [0.15, 0.2) is 0 Å². The summed E-state index contributed by atoms with van der Waals surface area (Å²) in [6, 6.07) is 0. The van der Waals surface area contributed by atoms with Gasteiger partial charge in [-0.1, -0.05) is 0 Å². The number of amides is 1. The number of nitrogens with two attached hydrogens (primary N) is 1. The minimum atomic E-state index is 0.361. The van der Waals surface area contributed by atoms with E-state index in [9.17, 15) is 4.79 Å². The number of carbonyl (C=O) groups is 1. The maximum absolute atomic E-state index is 11.6. The van der Waals surface area contributed by atoms with Gasteiger partial charge in [0.1, 0.15) is 0 Å². The topological polar surface area (TPSA) is 46.3 Å². The van der Waals surface area contributed by atoms with Gasteiger partial charge in [-0.3, -0.25) is 4.79 Å². The van der Waals surface area contributed by atoms with Crippen LogP contribution in [0.4, 0.5) is 0 Å². The molecule has 0 unspecified atom stereocenters. The quantitative estimate of drug-likeness (QED) is 0.732. The van der Waals surface area contributed by atoms with Gasteiger partial charge in [0.2, 0.25) is 5.91 Å². The van der Waals surface area contributed by atoms with E-state index in [1.165, 1.54) is 19.3 Å². The van der Waals surface area contributed by atoms with E-state index in [0.29, 0.717) is 11.3 Å². The Balaban J connectivity index is 1.86. The number of hydrogen-bond donors (Lipinski definition) is 1. The summed E-state index contributed by atoms with van der Waals surface area (Å²) in [5.74, 6) is 0.361.